The predicted molar refractivity (Wildman–Crippen MR) is 112 cm³/mol. The van der Waals surface area contributed by atoms with Gasteiger partial charge in [0.15, 0.2) is 11.2 Å². The molecule has 0 saturated carbocycles. The fourth-order valence-electron chi connectivity index (χ4n) is 2.83. The summed E-state index contributed by atoms with van der Waals surface area (Å²) < 4.78 is 8.37. The van der Waals surface area contributed by atoms with Gasteiger partial charge in [-0.25, -0.2) is 4.79 Å². The molecule has 9 nitrogen and oxygen atoms in total. The van der Waals surface area contributed by atoms with Crippen LogP contribution in [0.15, 0.2) is 27.8 Å². The number of aryl methyl sites for hydroxylation is 1. The highest BCUT2D eigenvalue weighted by Gasteiger charge is 2.20. The Bertz CT molecular complexity index is 1140. The SMILES string of the molecule is CCCNc1nc2c(c(=O)[nH]c(=O)n2C)n1C[C@H](O)COc1ccc(Cl)cc1Cl. The molecule has 3 N–H and O–H groups in total. The molecule has 11 heteroatoms. The maximum Gasteiger partial charge on any atom is 0.329 e. The second-order valence-electron chi connectivity index (χ2n) is 6.50. The lowest BCUT2D eigenvalue weighted by molar-refractivity contribution is 0.0939. The summed E-state index contributed by atoms with van der Waals surface area (Å²) in [5.74, 6) is 0.771. The van der Waals surface area contributed by atoms with Crippen LogP contribution in [0.2, 0.25) is 10.0 Å². The number of nitrogens with one attached hydrogen (secondary N) is 2. The van der Waals surface area contributed by atoms with Crippen molar-refractivity contribution in [3.8, 4) is 5.75 Å². The number of H-pyrrole nitrogens is 1. The van der Waals surface area contributed by atoms with Gasteiger partial charge in [0.05, 0.1) is 11.6 Å². The number of anilines is 1. The standard InChI is InChI=1S/C18H21Cl2N5O4/c1-3-6-21-17-22-15-14(16(27)23-18(28)24(15)2)25(17)8-11(26)9-29-13-5-4-10(19)7-12(13)20/h4-5,7,11,26H,3,6,8-9H2,1-2H3,(H,21,22)(H,23,27,28)/t11-/m0/s1. The van der Waals surface area contributed by atoms with Crippen LogP contribution >= 0.6 is 23.2 Å². The van der Waals surface area contributed by atoms with Crippen molar-refractivity contribution < 1.29 is 9.84 Å². The average Bonchev–Trinajstić information content (AvgIpc) is 3.02. The van der Waals surface area contributed by atoms with Gasteiger partial charge >= 0.3 is 5.69 Å². The van der Waals surface area contributed by atoms with Gasteiger partial charge in [0.25, 0.3) is 5.56 Å². The predicted octanol–water partition coefficient (Wildman–Crippen LogP) is 1.99. The summed E-state index contributed by atoms with van der Waals surface area (Å²) in [6, 6.07) is 4.78. The first-order valence-electron chi connectivity index (χ1n) is 9.01. The van der Waals surface area contributed by atoms with Crippen molar-refractivity contribution in [2.24, 2.45) is 7.05 Å². The zero-order chi connectivity index (χ0) is 21.1. The minimum atomic E-state index is -0.974. The Morgan fingerprint density at radius 1 is 1.34 bits per heavy atom. The van der Waals surface area contributed by atoms with Gasteiger partial charge in [-0.15, -0.1) is 0 Å². The summed E-state index contributed by atoms with van der Waals surface area (Å²) in [7, 11) is 1.52. The van der Waals surface area contributed by atoms with Crippen LogP contribution < -0.4 is 21.3 Å². The number of aromatic nitrogens is 4. The number of aliphatic hydroxyl groups excluding tert-OH is 1. The summed E-state index contributed by atoms with van der Waals surface area (Å²) in [6.45, 7) is 2.55. The highest BCUT2D eigenvalue weighted by molar-refractivity contribution is 6.35. The smallest absolute Gasteiger partial charge is 0.329 e. The van der Waals surface area contributed by atoms with Crippen LogP contribution in [0, 0.1) is 0 Å². The number of rotatable bonds is 8. The van der Waals surface area contributed by atoms with Crippen molar-refractivity contribution in [2.45, 2.75) is 26.0 Å². The monoisotopic (exact) mass is 441 g/mol. The Morgan fingerprint density at radius 2 is 2.10 bits per heavy atom. The first-order chi connectivity index (χ1) is 13.8. The lowest BCUT2D eigenvalue weighted by Crippen LogP contribution is -2.31. The van der Waals surface area contributed by atoms with E-state index in [-0.39, 0.29) is 24.3 Å². The van der Waals surface area contributed by atoms with Gasteiger partial charge in [-0.05, 0) is 24.6 Å². The molecule has 29 heavy (non-hydrogen) atoms. The van der Waals surface area contributed by atoms with Crippen molar-refractivity contribution in [2.75, 3.05) is 18.5 Å². The summed E-state index contributed by atoms with van der Waals surface area (Å²) in [4.78, 5) is 30.9. The normalized spacial score (nSPS) is 12.3. The van der Waals surface area contributed by atoms with Crippen molar-refractivity contribution in [3.63, 3.8) is 0 Å². The molecule has 0 aliphatic heterocycles. The van der Waals surface area contributed by atoms with E-state index in [0.29, 0.717) is 28.3 Å². The van der Waals surface area contributed by atoms with E-state index in [2.05, 4.69) is 15.3 Å². The van der Waals surface area contributed by atoms with Crippen LogP contribution in [0.1, 0.15) is 13.3 Å². The molecule has 0 unspecified atom stereocenters. The van der Waals surface area contributed by atoms with Crippen LogP contribution in [0.5, 0.6) is 5.75 Å². The third-order valence-corrected chi connectivity index (χ3v) is 4.79. The number of nitrogens with zero attached hydrogens (tertiary/aromatic N) is 3. The van der Waals surface area contributed by atoms with Gasteiger partial charge in [0.1, 0.15) is 18.5 Å². The maximum atomic E-state index is 12.4. The van der Waals surface area contributed by atoms with E-state index in [1.165, 1.54) is 11.6 Å². The zero-order valence-electron chi connectivity index (χ0n) is 15.9. The topological polar surface area (TPSA) is 114 Å². The van der Waals surface area contributed by atoms with Gasteiger partial charge < -0.3 is 19.7 Å². The van der Waals surface area contributed by atoms with Crippen LogP contribution in [-0.2, 0) is 13.6 Å². The molecule has 3 rings (SSSR count). The second-order valence-corrected chi connectivity index (χ2v) is 7.35. The minimum absolute atomic E-state index is 0.0229. The minimum Gasteiger partial charge on any atom is -0.489 e. The average molecular weight is 442 g/mol. The van der Waals surface area contributed by atoms with Crippen LogP contribution in [0.4, 0.5) is 5.95 Å². The van der Waals surface area contributed by atoms with Crippen LogP contribution in [-0.4, -0.2) is 43.5 Å². The van der Waals surface area contributed by atoms with Gasteiger partial charge in [-0.1, -0.05) is 30.1 Å². The van der Waals surface area contributed by atoms with Crippen LogP contribution in [0.25, 0.3) is 11.2 Å². The fourth-order valence-corrected chi connectivity index (χ4v) is 3.29. The zero-order valence-corrected chi connectivity index (χ0v) is 17.4. The Hall–Kier alpha value is -2.49. The van der Waals surface area contributed by atoms with Crippen molar-refractivity contribution in [1.82, 2.24) is 19.1 Å². The molecule has 3 aromatic rings. The maximum absolute atomic E-state index is 12.4. The number of halogens is 2. The van der Waals surface area contributed by atoms with Crippen molar-refractivity contribution >= 4 is 40.3 Å². The third kappa shape index (κ3) is 4.58. The summed E-state index contributed by atoms with van der Waals surface area (Å²) in [5.41, 5.74) is -0.718. The molecular formula is C18H21Cl2N5O4. The first-order valence-corrected chi connectivity index (χ1v) is 9.76. The number of aromatic amines is 1. The Morgan fingerprint density at radius 3 is 2.79 bits per heavy atom. The molecule has 0 radical (unpaired) electrons. The Labute approximate surface area is 175 Å². The molecule has 0 bridgehead atoms. The molecule has 0 fully saturated rings. The van der Waals surface area contributed by atoms with E-state index in [4.69, 9.17) is 27.9 Å². The molecule has 0 amide bonds. The third-order valence-electron chi connectivity index (χ3n) is 4.26. The number of fused-ring (bicyclic) bond motifs is 1. The van der Waals surface area contributed by atoms with E-state index in [0.717, 1.165) is 6.42 Å². The molecule has 2 heterocycles. The Kier molecular flexibility index (Phi) is 6.51. The number of imidazole rings is 1. The fraction of sp³-hybridized carbons (Fsp3) is 0.389. The van der Waals surface area contributed by atoms with E-state index in [9.17, 15) is 14.7 Å². The Balaban J connectivity index is 1.88. The molecule has 1 atom stereocenters. The van der Waals surface area contributed by atoms with Crippen molar-refractivity contribution in [3.05, 3.63) is 49.1 Å². The van der Waals surface area contributed by atoms with E-state index in [1.54, 1.807) is 22.8 Å². The lowest BCUT2D eigenvalue weighted by atomic mass is 10.3. The first kappa shape index (κ1) is 21.2. The molecule has 1 aromatic carbocycles. The largest absolute Gasteiger partial charge is 0.489 e. The number of hydrogen-bond acceptors (Lipinski definition) is 6. The summed E-state index contributed by atoms with van der Waals surface area (Å²) >= 11 is 11.9. The van der Waals surface area contributed by atoms with Gasteiger partial charge in [0, 0.05) is 18.6 Å². The van der Waals surface area contributed by atoms with Crippen LogP contribution in [0.3, 0.4) is 0 Å². The molecule has 0 aliphatic rings. The molecule has 0 saturated heterocycles. The molecule has 2 aromatic heterocycles. The highest BCUT2D eigenvalue weighted by atomic mass is 35.5. The van der Waals surface area contributed by atoms with E-state index < -0.39 is 17.4 Å². The van der Waals surface area contributed by atoms with E-state index >= 15 is 0 Å². The quantitative estimate of drug-likeness (QED) is 0.492. The van der Waals surface area contributed by atoms with Gasteiger partial charge in [-0.2, -0.15) is 4.98 Å². The molecule has 0 aliphatic carbocycles. The molecule has 0 spiro atoms. The molecular weight excluding hydrogens is 421 g/mol. The number of ether oxygens (including phenoxy) is 1. The van der Waals surface area contributed by atoms with Gasteiger partial charge in [-0.3, -0.25) is 14.3 Å². The lowest BCUT2D eigenvalue weighted by Gasteiger charge is -2.16. The number of hydrogen-bond donors (Lipinski definition) is 3. The molecule has 156 valence electrons. The second kappa shape index (κ2) is 8.89. The summed E-state index contributed by atoms with van der Waals surface area (Å²) in [5, 5.41) is 14.4. The van der Waals surface area contributed by atoms with Crippen molar-refractivity contribution in [1.29, 1.82) is 0 Å². The number of benzene rings is 1. The number of aliphatic hydroxyl groups is 1. The summed E-state index contributed by atoms with van der Waals surface area (Å²) in [6.07, 6.45) is -0.142. The highest BCUT2D eigenvalue weighted by Crippen LogP contribution is 2.27. The van der Waals surface area contributed by atoms with Gasteiger partial charge in [0.2, 0.25) is 5.95 Å². The van der Waals surface area contributed by atoms with E-state index in [1.807, 2.05) is 6.92 Å².